The molecule has 0 radical (unpaired) electrons. The molecular weight excluding hydrogens is 330 g/mol. The second kappa shape index (κ2) is 7.47. The Labute approximate surface area is 152 Å². The van der Waals surface area contributed by atoms with Crippen molar-refractivity contribution in [2.45, 2.75) is 33.9 Å². The molecule has 136 valence electrons. The fraction of sp³-hybridized carbons (Fsp3) is 0.300. The number of aryl methyl sites for hydroxylation is 3. The molecule has 1 N–H and O–H groups in total. The maximum atomic E-state index is 12.2. The minimum Gasteiger partial charge on any atom is -0.486 e. The maximum Gasteiger partial charge on any atom is 0.287 e. The summed E-state index contributed by atoms with van der Waals surface area (Å²) in [5, 5.41) is 7.01. The Morgan fingerprint density at radius 2 is 1.92 bits per heavy atom. The van der Waals surface area contributed by atoms with E-state index in [1.165, 1.54) is 0 Å². The second-order valence-electron chi connectivity index (χ2n) is 6.44. The van der Waals surface area contributed by atoms with Crippen LogP contribution in [-0.4, -0.2) is 15.7 Å². The quantitative estimate of drug-likeness (QED) is 0.737. The number of nitrogens with zero attached hydrogens (tertiary/aromatic N) is 2. The van der Waals surface area contributed by atoms with Crippen molar-refractivity contribution in [3.63, 3.8) is 0 Å². The van der Waals surface area contributed by atoms with Gasteiger partial charge in [-0.1, -0.05) is 6.07 Å². The molecule has 1 aromatic carbocycles. The van der Waals surface area contributed by atoms with E-state index in [2.05, 4.69) is 16.5 Å². The molecule has 0 saturated carbocycles. The molecule has 1 amide bonds. The normalized spacial score (nSPS) is 10.8. The predicted molar refractivity (Wildman–Crippen MR) is 98.1 cm³/mol. The Kier molecular flexibility index (Phi) is 5.11. The number of rotatable bonds is 6. The van der Waals surface area contributed by atoms with Gasteiger partial charge in [-0.25, -0.2) is 0 Å². The molecule has 26 heavy (non-hydrogen) atoms. The summed E-state index contributed by atoms with van der Waals surface area (Å²) < 4.78 is 13.1. The Hall–Kier alpha value is -3.02. The highest BCUT2D eigenvalue weighted by Crippen LogP contribution is 2.18. The fourth-order valence-corrected chi connectivity index (χ4v) is 2.73. The molecule has 0 unspecified atom stereocenters. The van der Waals surface area contributed by atoms with Crippen molar-refractivity contribution in [3.8, 4) is 5.75 Å². The molecule has 0 saturated heterocycles. The van der Waals surface area contributed by atoms with Gasteiger partial charge in [-0.3, -0.25) is 9.48 Å². The van der Waals surface area contributed by atoms with E-state index in [0.29, 0.717) is 12.3 Å². The molecule has 2 heterocycles. The van der Waals surface area contributed by atoms with Crippen LogP contribution >= 0.6 is 0 Å². The summed E-state index contributed by atoms with van der Waals surface area (Å²) in [6.07, 6.45) is 1.75. The highest BCUT2D eigenvalue weighted by molar-refractivity contribution is 5.91. The van der Waals surface area contributed by atoms with Gasteiger partial charge in [0.2, 0.25) is 0 Å². The summed E-state index contributed by atoms with van der Waals surface area (Å²) in [6.45, 7) is 6.70. The van der Waals surface area contributed by atoms with Crippen molar-refractivity contribution >= 4 is 5.91 Å². The second-order valence-corrected chi connectivity index (χ2v) is 6.44. The molecule has 6 heteroatoms. The monoisotopic (exact) mass is 353 g/mol. The number of nitrogens with one attached hydrogen (secondary N) is 1. The number of carbonyl (C=O) groups is 1. The molecule has 0 bridgehead atoms. The molecule has 0 aliphatic carbocycles. The highest BCUT2D eigenvalue weighted by atomic mass is 16.5. The third kappa shape index (κ3) is 4.14. The molecule has 0 aliphatic heterocycles. The summed E-state index contributed by atoms with van der Waals surface area (Å²) in [5.74, 6) is 1.40. The number of amides is 1. The van der Waals surface area contributed by atoms with E-state index >= 15 is 0 Å². The zero-order valence-corrected chi connectivity index (χ0v) is 15.5. The average Bonchev–Trinajstić information content (AvgIpc) is 3.18. The summed E-state index contributed by atoms with van der Waals surface area (Å²) in [6, 6.07) is 9.45. The van der Waals surface area contributed by atoms with E-state index in [1.807, 2.05) is 40.0 Å². The van der Waals surface area contributed by atoms with Crippen LogP contribution in [0.5, 0.6) is 5.75 Å². The fourth-order valence-electron chi connectivity index (χ4n) is 2.73. The van der Waals surface area contributed by atoms with Crippen molar-refractivity contribution in [2.24, 2.45) is 7.05 Å². The first-order valence-electron chi connectivity index (χ1n) is 8.48. The zero-order valence-electron chi connectivity index (χ0n) is 15.5. The van der Waals surface area contributed by atoms with Crippen LogP contribution < -0.4 is 10.1 Å². The molecule has 2 aromatic heterocycles. The maximum absolute atomic E-state index is 12.2. The van der Waals surface area contributed by atoms with Crippen LogP contribution in [0.15, 0.2) is 40.9 Å². The number of carbonyl (C=O) groups excluding carboxylic acids is 1. The highest BCUT2D eigenvalue weighted by Gasteiger charge is 2.13. The number of furan rings is 1. The molecule has 0 spiro atoms. The van der Waals surface area contributed by atoms with Gasteiger partial charge in [0.05, 0.1) is 6.20 Å². The summed E-state index contributed by atoms with van der Waals surface area (Å²) in [7, 11) is 1.87. The first kappa shape index (κ1) is 17.8. The van der Waals surface area contributed by atoms with Crippen molar-refractivity contribution in [3.05, 3.63) is 70.4 Å². The number of hydrogen-bond donors (Lipinski definition) is 1. The topological polar surface area (TPSA) is 69.3 Å². The average molecular weight is 353 g/mol. The lowest BCUT2D eigenvalue weighted by Gasteiger charge is -2.07. The van der Waals surface area contributed by atoms with Gasteiger partial charge in [-0.2, -0.15) is 5.10 Å². The van der Waals surface area contributed by atoms with Crippen LogP contribution in [-0.2, 0) is 20.2 Å². The summed E-state index contributed by atoms with van der Waals surface area (Å²) >= 11 is 0. The van der Waals surface area contributed by atoms with Gasteiger partial charge >= 0.3 is 0 Å². The molecule has 3 aromatic rings. The van der Waals surface area contributed by atoms with Gasteiger partial charge in [0, 0.05) is 24.8 Å². The van der Waals surface area contributed by atoms with E-state index < -0.39 is 0 Å². The largest absolute Gasteiger partial charge is 0.486 e. The van der Waals surface area contributed by atoms with Gasteiger partial charge in [-0.05, 0) is 56.2 Å². The lowest BCUT2D eigenvalue weighted by Crippen LogP contribution is -2.22. The first-order valence-corrected chi connectivity index (χ1v) is 8.48. The van der Waals surface area contributed by atoms with Gasteiger partial charge < -0.3 is 14.5 Å². The van der Waals surface area contributed by atoms with E-state index in [-0.39, 0.29) is 18.3 Å². The van der Waals surface area contributed by atoms with Crippen LogP contribution in [0.1, 0.15) is 38.7 Å². The predicted octanol–water partition coefficient (Wildman–Crippen LogP) is 3.45. The van der Waals surface area contributed by atoms with Gasteiger partial charge in [0.25, 0.3) is 5.91 Å². The standard InChI is InChI=1S/C20H23N3O3/c1-13-7-14(2)9-18(8-13)25-12-17-5-6-19(26-17)20(24)21-10-16-11-22-23(4)15(16)3/h5-9,11H,10,12H2,1-4H3,(H,21,24). The molecule has 3 rings (SSSR count). The minimum absolute atomic E-state index is 0.258. The zero-order chi connectivity index (χ0) is 18.7. The number of aromatic nitrogens is 2. The Balaban J connectivity index is 1.56. The molecule has 0 fully saturated rings. The van der Waals surface area contributed by atoms with Crippen molar-refractivity contribution in [2.75, 3.05) is 0 Å². The summed E-state index contributed by atoms with van der Waals surface area (Å²) in [4.78, 5) is 12.2. The SMILES string of the molecule is Cc1cc(C)cc(OCc2ccc(C(=O)NCc3cnn(C)c3C)o2)c1. The smallest absolute Gasteiger partial charge is 0.287 e. The Bertz CT molecular complexity index is 904. The van der Waals surface area contributed by atoms with Crippen LogP contribution in [0.4, 0.5) is 0 Å². The van der Waals surface area contributed by atoms with Crippen LogP contribution in [0, 0.1) is 20.8 Å². The first-order chi connectivity index (χ1) is 12.4. The lowest BCUT2D eigenvalue weighted by molar-refractivity contribution is 0.0919. The van der Waals surface area contributed by atoms with E-state index in [1.54, 1.807) is 23.0 Å². The third-order valence-corrected chi connectivity index (χ3v) is 4.24. The van der Waals surface area contributed by atoms with Crippen molar-refractivity contribution < 1.29 is 13.9 Å². The molecular formula is C20H23N3O3. The third-order valence-electron chi connectivity index (χ3n) is 4.24. The molecule has 0 aliphatic rings. The molecule has 0 atom stereocenters. The van der Waals surface area contributed by atoms with Crippen LogP contribution in [0.25, 0.3) is 0 Å². The van der Waals surface area contributed by atoms with Crippen LogP contribution in [0.3, 0.4) is 0 Å². The van der Waals surface area contributed by atoms with Gasteiger partial charge in [0.1, 0.15) is 18.1 Å². The van der Waals surface area contributed by atoms with Gasteiger partial charge in [0.15, 0.2) is 5.76 Å². The molecule has 6 nitrogen and oxygen atoms in total. The number of ether oxygens (including phenoxy) is 1. The van der Waals surface area contributed by atoms with Crippen LogP contribution in [0.2, 0.25) is 0 Å². The lowest BCUT2D eigenvalue weighted by atomic mass is 10.1. The van der Waals surface area contributed by atoms with E-state index in [9.17, 15) is 4.79 Å². The van der Waals surface area contributed by atoms with Crippen molar-refractivity contribution in [1.29, 1.82) is 0 Å². The summed E-state index contributed by atoms with van der Waals surface area (Å²) in [5.41, 5.74) is 4.29. The van der Waals surface area contributed by atoms with Gasteiger partial charge in [-0.15, -0.1) is 0 Å². The Morgan fingerprint density at radius 3 is 2.58 bits per heavy atom. The number of hydrogen-bond acceptors (Lipinski definition) is 4. The van der Waals surface area contributed by atoms with Crippen molar-refractivity contribution in [1.82, 2.24) is 15.1 Å². The van der Waals surface area contributed by atoms with E-state index in [0.717, 1.165) is 28.1 Å². The Morgan fingerprint density at radius 1 is 1.19 bits per heavy atom. The number of benzene rings is 1. The van der Waals surface area contributed by atoms with E-state index in [4.69, 9.17) is 9.15 Å². The minimum atomic E-state index is -0.258.